The predicted molar refractivity (Wildman–Crippen MR) is 110 cm³/mol. The first-order chi connectivity index (χ1) is 13.5. The molecular weight excluding hydrogens is 354 g/mol. The molecule has 1 aromatic heterocycles. The maximum absolute atomic E-state index is 12.4. The molecule has 0 fully saturated rings. The van der Waals surface area contributed by atoms with Gasteiger partial charge in [0, 0.05) is 30.8 Å². The molecule has 3 N–H and O–H groups in total. The molecule has 0 bridgehead atoms. The molecule has 0 radical (unpaired) electrons. The summed E-state index contributed by atoms with van der Waals surface area (Å²) >= 11 is 0. The minimum Gasteiger partial charge on any atom is -0.497 e. The van der Waals surface area contributed by atoms with Gasteiger partial charge in [-0.05, 0) is 36.2 Å². The minimum atomic E-state index is -0.208. The van der Waals surface area contributed by atoms with E-state index in [-0.39, 0.29) is 11.8 Å². The lowest BCUT2D eigenvalue weighted by Crippen LogP contribution is -2.15. The Bertz CT molecular complexity index is 964. The molecule has 0 aliphatic carbocycles. The molecule has 28 heavy (non-hydrogen) atoms. The van der Waals surface area contributed by atoms with Crippen LogP contribution in [0, 0.1) is 0 Å². The van der Waals surface area contributed by atoms with E-state index in [1.165, 1.54) is 6.92 Å². The normalized spacial score (nSPS) is 10.4. The highest BCUT2D eigenvalue weighted by Gasteiger charge is 2.11. The molecular formula is C22H23N3O3. The molecule has 2 amide bonds. The molecule has 0 saturated heterocycles. The molecule has 2 aromatic carbocycles. The van der Waals surface area contributed by atoms with Crippen molar-refractivity contribution in [3.63, 3.8) is 0 Å². The number of ether oxygens (including phenoxy) is 1. The molecule has 1 heterocycles. The van der Waals surface area contributed by atoms with Crippen molar-refractivity contribution in [2.24, 2.45) is 0 Å². The number of H-pyrrole nitrogens is 1. The Hall–Kier alpha value is -3.54. The van der Waals surface area contributed by atoms with Gasteiger partial charge in [0.25, 0.3) is 0 Å². The van der Waals surface area contributed by atoms with Crippen molar-refractivity contribution < 1.29 is 14.3 Å². The monoisotopic (exact) mass is 377 g/mol. The van der Waals surface area contributed by atoms with Crippen molar-refractivity contribution in [3.05, 3.63) is 66.4 Å². The SMILES string of the molecule is COc1ccc(NC(C)=O)c(NC(=O)CCc2ccc(-c3ccccc3)[nH]2)c1. The summed E-state index contributed by atoms with van der Waals surface area (Å²) in [5.74, 6) is 0.248. The number of amides is 2. The Labute approximate surface area is 163 Å². The summed E-state index contributed by atoms with van der Waals surface area (Å²) in [5, 5.41) is 5.56. The molecule has 3 rings (SSSR count). The average Bonchev–Trinajstić information content (AvgIpc) is 3.17. The van der Waals surface area contributed by atoms with Gasteiger partial charge in [-0.25, -0.2) is 0 Å². The number of carbonyl (C=O) groups excluding carboxylic acids is 2. The number of methoxy groups -OCH3 is 1. The fourth-order valence-corrected chi connectivity index (χ4v) is 2.89. The summed E-state index contributed by atoms with van der Waals surface area (Å²) < 4.78 is 5.20. The number of hydrogen-bond donors (Lipinski definition) is 3. The first kappa shape index (κ1) is 19.2. The number of rotatable bonds is 7. The lowest BCUT2D eigenvalue weighted by molar-refractivity contribution is -0.116. The zero-order valence-corrected chi connectivity index (χ0v) is 15.9. The number of aromatic nitrogens is 1. The van der Waals surface area contributed by atoms with Crippen LogP contribution in [0.4, 0.5) is 11.4 Å². The van der Waals surface area contributed by atoms with Crippen LogP contribution >= 0.6 is 0 Å². The van der Waals surface area contributed by atoms with Crippen molar-refractivity contribution >= 4 is 23.2 Å². The highest BCUT2D eigenvalue weighted by Crippen LogP contribution is 2.27. The van der Waals surface area contributed by atoms with E-state index in [4.69, 9.17) is 4.74 Å². The van der Waals surface area contributed by atoms with E-state index in [0.29, 0.717) is 30.0 Å². The van der Waals surface area contributed by atoms with Crippen molar-refractivity contribution in [3.8, 4) is 17.0 Å². The van der Waals surface area contributed by atoms with Gasteiger partial charge in [-0.2, -0.15) is 0 Å². The highest BCUT2D eigenvalue weighted by molar-refractivity contribution is 5.99. The predicted octanol–water partition coefficient (Wildman–Crippen LogP) is 4.22. The number of anilines is 2. The van der Waals surface area contributed by atoms with Gasteiger partial charge in [0.05, 0.1) is 18.5 Å². The van der Waals surface area contributed by atoms with Crippen molar-refractivity contribution in [2.75, 3.05) is 17.7 Å². The number of carbonyl (C=O) groups is 2. The summed E-state index contributed by atoms with van der Waals surface area (Å²) in [6.45, 7) is 1.42. The van der Waals surface area contributed by atoms with E-state index in [1.807, 2.05) is 42.5 Å². The third-order valence-corrected chi connectivity index (χ3v) is 4.26. The van der Waals surface area contributed by atoms with E-state index >= 15 is 0 Å². The quantitative estimate of drug-likeness (QED) is 0.576. The van der Waals surface area contributed by atoms with Crippen LogP contribution < -0.4 is 15.4 Å². The maximum Gasteiger partial charge on any atom is 0.224 e. The van der Waals surface area contributed by atoms with Crippen molar-refractivity contribution in [1.29, 1.82) is 0 Å². The number of aryl methyl sites for hydroxylation is 1. The van der Waals surface area contributed by atoms with Gasteiger partial charge in [-0.1, -0.05) is 30.3 Å². The second-order valence-corrected chi connectivity index (χ2v) is 6.40. The summed E-state index contributed by atoms with van der Waals surface area (Å²) in [7, 11) is 1.55. The Balaban J connectivity index is 1.63. The third-order valence-electron chi connectivity index (χ3n) is 4.26. The molecule has 0 atom stereocenters. The van der Waals surface area contributed by atoms with Crippen LogP contribution in [-0.2, 0) is 16.0 Å². The molecule has 0 aliphatic rings. The number of benzene rings is 2. The van der Waals surface area contributed by atoms with Crippen molar-refractivity contribution in [1.82, 2.24) is 4.98 Å². The summed E-state index contributed by atoms with van der Waals surface area (Å²) in [6.07, 6.45) is 0.892. The van der Waals surface area contributed by atoms with Gasteiger partial charge in [-0.15, -0.1) is 0 Å². The topological polar surface area (TPSA) is 83.2 Å². The molecule has 144 valence electrons. The zero-order valence-electron chi connectivity index (χ0n) is 15.9. The average molecular weight is 377 g/mol. The summed E-state index contributed by atoms with van der Waals surface area (Å²) in [6, 6.07) is 19.1. The van der Waals surface area contributed by atoms with Gasteiger partial charge < -0.3 is 20.4 Å². The van der Waals surface area contributed by atoms with E-state index in [1.54, 1.807) is 25.3 Å². The van der Waals surface area contributed by atoms with Gasteiger partial charge in [0.15, 0.2) is 0 Å². The fraction of sp³-hybridized carbons (Fsp3) is 0.182. The van der Waals surface area contributed by atoms with Gasteiger partial charge in [0.2, 0.25) is 11.8 Å². The Morgan fingerprint density at radius 3 is 2.46 bits per heavy atom. The van der Waals surface area contributed by atoms with E-state index in [9.17, 15) is 9.59 Å². The Kier molecular flexibility index (Phi) is 6.11. The van der Waals surface area contributed by atoms with Crippen LogP contribution in [0.15, 0.2) is 60.7 Å². The molecule has 0 unspecified atom stereocenters. The number of hydrogen-bond acceptors (Lipinski definition) is 3. The van der Waals surface area contributed by atoms with Crippen LogP contribution in [0.2, 0.25) is 0 Å². The molecule has 6 heteroatoms. The van der Waals surface area contributed by atoms with E-state index in [0.717, 1.165) is 17.0 Å². The number of aromatic amines is 1. The van der Waals surface area contributed by atoms with Crippen LogP contribution in [-0.4, -0.2) is 23.9 Å². The lowest BCUT2D eigenvalue weighted by atomic mass is 10.2. The second kappa shape index (κ2) is 8.90. The standard InChI is InChI=1S/C22H23N3O3/c1-15(26)23-20-12-10-18(28-2)14-21(20)25-22(27)13-9-17-8-11-19(24-17)16-6-4-3-5-7-16/h3-8,10-12,14,24H,9,13H2,1-2H3,(H,23,26)(H,25,27). The molecule has 0 aliphatic heterocycles. The smallest absolute Gasteiger partial charge is 0.224 e. The summed E-state index contributed by atoms with van der Waals surface area (Å²) in [5.41, 5.74) is 4.16. The van der Waals surface area contributed by atoms with Crippen molar-refractivity contribution in [2.45, 2.75) is 19.8 Å². The Morgan fingerprint density at radius 1 is 0.964 bits per heavy atom. The van der Waals surface area contributed by atoms with Gasteiger partial charge in [0.1, 0.15) is 5.75 Å². The molecule has 0 saturated carbocycles. The van der Waals surface area contributed by atoms with Crippen LogP contribution in [0.1, 0.15) is 19.0 Å². The van der Waals surface area contributed by atoms with Crippen LogP contribution in [0.3, 0.4) is 0 Å². The highest BCUT2D eigenvalue weighted by atomic mass is 16.5. The fourth-order valence-electron chi connectivity index (χ4n) is 2.89. The minimum absolute atomic E-state index is 0.143. The lowest BCUT2D eigenvalue weighted by Gasteiger charge is -2.13. The zero-order chi connectivity index (χ0) is 19.9. The Morgan fingerprint density at radius 2 is 1.75 bits per heavy atom. The largest absolute Gasteiger partial charge is 0.497 e. The molecule has 3 aromatic rings. The number of nitrogens with one attached hydrogen (secondary N) is 3. The van der Waals surface area contributed by atoms with Crippen LogP contribution in [0.25, 0.3) is 11.3 Å². The maximum atomic E-state index is 12.4. The van der Waals surface area contributed by atoms with Gasteiger partial charge >= 0.3 is 0 Å². The molecule has 6 nitrogen and oxygen atoms in total. The first-order valence-electron chi connectivity index (χ1n) is 9.04. The third kappa shape index (κ3) is 5.01. The molecule has 0 spiro atoms. The van der Waals surface area contributed by atoms with Gasteiger partial charge in [-0.3, -0.25) is 9.59 Å². The first-order valence-corrected chi connectivity index (χ1v) is 9.04. The van der Waals surface area contributed by atoms with E-state index < -0.39 is 0 Å². The van der Waals surface area contributed by atoms with E-state index in [2.05, 4.69) is 15.6 Å². The van der Waals surface area contributed by atoms with Crippen LogP contribution in [0.5, 0.6) is 5.75 Å². The summed E-state index contributed by atoms with van der Waals surface area (Å²) in [4.78, 5) is 27.1. The second-order valence-electron chi connectivity index (χ2n) is 6.40.